The summed E-state index contributed by atoms with van der Waals surface area (Å²) in [5.41, 5.74) is 2.86. The molecule has 0 atom stereocenters. The molecule has 4 aromatic rings. The summed E-state index contributed by atoms with van der Waals surface area (Å²) in [6, 6.07) is 21.5. The lowest BCUT2D eigenvalue weighted by Crippen LogP contribution is -2.02. The van der Waals surface area contributed by atoms with E-state index in [-0.39, 0.29) is 0 Å². The molecule has 0 aliphatic heterocycles. The molecule has 29 heavy (non-hydrogen) atoms. The fraction of sp³-hybridized carbons (Fsp3) is 0.136. The average molecular weight is 387 g/mol. The van der Waals surface area contributed by atoms with E-state index in [1.54, 1.807) is 6.07 Å². The van der Waals surface area contributed by atoms with E-state index in [0.29, 0.717) is 30.0 Å². The van der Waals surface area contributed by atoms with Crippen molar-refractivity contribution in [3.63, 3.8) is 0 Å². The van der Waals surface area contributed by atoms with Crippen LogP contribution in [0.2, 0.25) is 0 Å². The number of nitrogens with zero attached hydrogens (tertiary/aromatic N) is 3. The highest BCUT2D eigenvalue weighted by Gasteiger charge is 2.06. The Morgan fingerprint density at radius 3 is 2.38 bits per heavy atom. The number of hydrogen-bond donors (Lipinski definition) is 2. The molecule has 4 rings (SSSR count). The molecule has 2 N–H and O–H groups in total. The standard InChI is InChI=1S/C22H21N5O2/c1-15-12-20(25-22(23-15)26-21-13-16(2)29-27-21)24-18-8-10-19(11-9-18)28-14-17-6-4-3-5-7-17/h3-13H,14H2,1-2H3,(H2,23,24,25,26,27). The SMILES string of the molecule is Cc1cc(Nc2ccc(OCc3ccccc3)cc2)nc(Nc2cc(C)on2)n1. The van der Waals surface area contributed by atoms with Gasteiger partial charge in [-0.25, -0.2) is 4.98 Å². The number of hydrogen-bond acceptors (Lipinski definition) is 7. The van der Waals surface area contributed by atoms with Gasteiger partial charge in [0.1, 0.15) is 23.9 Å². The van der Waals surface area contributed by atoms with Gasteiger partial charge in [-0.2, -0.15) is 4.98 Å². The first-order chi connectivity index (χ1) is 14.1. The maximum atomic E-state index is 5.82. The molecule has 2 aromatic carbocycles. The minimum Gasteiger partial charge on any atom is -0.489 e. The second-order valence-corrected chi connectivity index (χ2v) is 6.59. The van der Waals surface area contributed by atoms with Crippen LogP contribution in [-0.2, 0) is 6.61 Å². The first-order valence-electron chi connectivity index (χ1n) is 9.24. The van der Waals surface area contributed by atoms with Crippen LogP contribution >= 0.6 is 0 Å². The van der Waals surface area contributed by atoms with Crippen molar-refractivity contribution in [2.75, 3.05) is 10.6 Å². The largest absolute Gasteiger partial charge is 0.489 e. The summed E-state index contributed by atoms with van der Waals surface area (Å²) < 4.78 is 10.9. The Hall–Kier alpha value is -3.87. The summed E-state index contributed by atoms with van der Waals surface area (Å²) in [4.78, 5) is 8.87. The van der Waals surface area contributed by atoms with Crippen LogP contribution in [0, 0.1) is 13.8 Å². The molecular weight excluding hydrogens is 366 g/mol. The Morgan fingerprint density at radius 1 is 0.862 bits per heavy atom. The van der Waals surface area contributed by atoms with E-state index in [9.17, 15) is 0 Å². The number of aromatic nitrogens is 3. The summed E-state index contributed by atoms with van der Waals surface area (Å²) in [7, 11) is 0. The summed E-state index contributed by atoms with van der Waals surface area (Å²) >= 11 is 0. The van der Waals surface area contributed by atoms with Crippen LogP contribution in [0.25, 0.3) is 0 Å². The highest BCUT2D eigenvalue weighted by Crippen LogP contribution is 2.22. The molecule has 0 bridgehead atoms. The molecule has 146 valence electrons. The molecule has 0 aliphatic rings. The van der Waals surface area contributed by atoms with E-state index in [4.69, 9.17) is 9.26 Å². The lowest BCUT2D eigenvalue weighted by Gasteiger charge is -2.10. The Bertz CT molecular complexity index is 1080. The highest BCUT2D eigenvalue weighted by atomic mass is 16.5. The van der Waals surface area contributed by atoms with E-state index >= 15 is 0 Å². The van der Waals surface area contributed by atoms with Crippen LogP contribution < -0.4 is 15.4 Å². The topological polar surface area (TPSA) is 85.1 Å². The van der Waals surface area contributed by atoms with Gasteiger partial charge in [0, 0.05) is 23.5 Å². The second kappa shape index (κ2) is 8.43. The molecule has 0 saturated carbocycles. The molecule has 2 heterocycles. The molecular formula is C22H21N5O2. The molecule has 7 heteroatoms. The Morgan fingerprint density at radius 2 is 1.66 bits per heavy atom. The molecule has 2 aromatic heterocycles. The predicted molar refractivity (Wildman–Crippen MR) is 112 cm³/mol. The zero-order valence-corrected chi connectivity index (χ0v) is 16.2. The van der Waals surface area contributed by atoms with Gasteiger partial charge in [-0.3, -0.25) is 0 Å². The first-order valence-corrected chi connectivity index (χ1v) is 9.24. The molecule has 0 unspecified atom stereocenters. The van der Waals surface area contributed by atoms with Crippen LogP contribution in [0.5, 0.6) is 5.75 Å². The van der Waals surface area contributed by atoms with Crippen LogP contribution in [0.3, 0.4) is 0 Å². The van der Waals surface area contributed by atoms with Gasteiger partial charge < -0.3 is 19.9 Å². The summed E-state index contributed by atoms with van der Waals surface area (Å²) in [6.07, 6.45) is 0. The van der Waals surface area contributed by atoms with E-state index < -0.39 is 0 Å². The number of nitrogens with one attached hydrogen (secondary N) is 2. The third kappa shape index (κ3) is 5.10. The molecule has 0 radical (unpaired) electrons. The van der Waals surface area contributed by atoms with E-state index in [1.807, 2.05) is 74.5 Å². The van der Waals surface area contributed by atoms with E-state index in [2.05, 4.69) is 25.8 Å². The quantitative estimate of drug-likeness (QED) is 0.454. The van der Waals surface area contributed by atoms with Crippen molar-refractivity contribution in [2.24, 2.45) is 0 Å². The minimum atomic E-state index is 0.448. The van der Waals surface area contributed by atoms with E-state index in [1.165, 1.54) is 0 Å². The van der Waals surface area contributed by atoms with Crippen molar-refractivity contribution in [1.29, 1.82) is 0 Å². The van der Waals surface area contributed by atoms with Crippen molar-refractivity contribution in [2.45, 2.75) is 20.5 Å². The van der Waals surface area contributed by atoms with Crippen LogP contribution in [0.4, 0.5) is 23.3 Å². The van der Waals surface area contributed by atoms with Crippen molar-refractivity contribution in [3.05, 3.63) is 83.7 Å². The number of benzene rings is 2. The Balaban J connectivity index is 1.40. The van der Waals surface area contributed by atoms with Gasteiger partial charge in [-0.05, 0) is 43.7 Å². The van der Waals surface area contributed by atoms with Crippen molar-refractivity contribution in [1.82, 2.24) is 15.1 Å². The van der Waals surface area contributed by atoms with Crippen molar-refractivity contribution < 1.29 is 9.26 Å². The van der Waals surface area contributed by atoms with Gasteiger partial charge in [-0.1, -0.05) is 35.5 Å². The number of rotatable bonds is 7. The Labute approximate surface area is 168 Å². The lowest BCUT2D eigenvalue weighted by atomic mass is 10.2. The number of ether oxygens (including phenoxy) is 1. The predicted octanol–water partition coefficient (Wildman–Crippen LogP) is 5.15. The third-order valence-electron chi connectivity index (χ3n) is 4.10. The lowest BCUT2D eigenvalue weighted by molar-refractivity contribution is 0.306. The molecule has 0 aliphatic carbocycles. The average Bonchev–Trinajstić information content (AvgIpc) is 3.12. The molecule has 0 fully saturated rings. The summed E-state index contributed by atoms with van der Waals surface area (Å²) in [5.74, 6) is 3.22. The van der Waals surface area contributed by atoms with Gasteiger partial charge in [0.25, 0.3) is 0 Å². The maximum absolute atomic E-state index is 5.82. The van der Waals surface area contributed by atoms with Gasteiger partial charge in [0.15, 0.2) is 5.82 Å². The second-order valence-electron chi connectivity index (χ2n) is 6.59. The normalized spacial score (nSPS) is 10.6. The number of anilines is 4. The van der Waals surface area contributed by atoms with Crippen LogP contribution in [-0.4, -0.2) is 15.1 Å². The van der Waals surface area contributed by atoms with Crippen LogP contribution in [0.1, 0.15) is 17.0 Å². The molecule has 0 saturated heterocycles. The zero-order chi connectivity index (χ0) is 20.1. The first kappa shape index (κ1) is 18.5. The fourth-order valence-corrected chi connectivity index (χ4v) is 2.75. The minimum absolute atomic E-state index is 0.448. The maximum Gasteiger partial charge on any atom is 0.230 e. The van der Waals surface area contributed by atoms with Gasteiger partial charge >= 0.3 is 0 Å². The number of aryl methyl sites for hydroxylation is 2. The van der Waals surface area contributed by atoms with Crippen molar-refractivity contribution in [3.8, 4) is 5.75 Å². The zero-order valence-electron chi connectivity index (χ0n) is 16.2. The molecule has 0 spiro atoms. The van der Waals surface area contributed by atoms with Crippen LogP contribution in [0.15, 0.2) is 71.3 Å². The fourth-order valence-electron chi connectivity index (χ4n) is 2.75. The highest BCUT2D eigenvalue weighted by molar-refractivity contribution is 5.59. The molecule has 7 nitrogen and oxygen atoms in total. The summed E-state index contributed by atoms with van der Waals surface area (Å²) in [5, 5.41) is 10.2. The summed E-state index contributed by atoms with van der Waals surface area (Å²) in [6.45, 7) is 4.28. The van der Waals surface area contributed by atoms with Gasteiger partial charge in [0.05, 0.1) is 0 Å². The van der Waals surface area contributed by atoms with Gasteiger partial charge in [0.2, 0.25) is 5.95 Å². The van der Waals surface area contributed by atoms with Gasteiger partial charge in [-0.15, -0.1) is 0 Å². The van der Waals surface area contributed by atoms with Crippen molar-refractivity contribution >= 4 is 23.3 Å². The third-order valence-corrected chi connectivity index (χ3v) is 4.10. The smallest absolute Gasteiger partial charge is 0.230 e. The monoisotopic (exact) mass is 387 g/mol. The molecule has 0 amide bonds. The Kier molecular flexibility index (Phi) is 5.38. The van der Waals surface area contributed by atoms with E-state index in [0.717, 1.165) is 22.7 Å².